The molecule has 0 bridgehead atoms. The molecule has 0 N–H and O–H groups in total. The van der Waals surface area contributed by atoms with Gasteiger partial charge in [0, 0.05) is 24.5 Å². The van der Waals surface area contributed by atoms with Gasteiger partial charge in [0.25, 0.3) is 0 Å². The summed E-state index contributed by atoms with van der Waals surface area (Å²) in [5.41, 5.74) is 3.04. The Balaban J connectivity index is 2.14. The summed E-state index contributed by atoms with van der Waals surface area (Å²) in [6.45, 7) is 3.98. The molecule has 1 fully saturated rings. The van der Waals surface area contributed by atoms with Gasteiger partial charge < -0.3 is 9.32 Å². The van der Waals surface area contributed by atoms with Gasteiger partial charge in [-0.2, -0.15) is 0 Å². The number of fused-ring (bicyclic) bond motifs is 1. The van der Waals surface area contributed by atoms with Crippen LogP contribution in [0.5, 0.6) is 0 Å². The number of nitrogens with zero attached hydrogens (tertiary/aromatic N) is 1. The zero-order chi connectivity index (χ0) is 14.8. The van der Waals surface area contributed by atoms with E-state index in [1.807, 2.05) is 13.0 Å². The van der Waals surface area contributed by atoms with E-state index in [0.29, 0.717) is 5.39 Å². The summed E-state index contributed by atoms with van der Waals surface area (Å²) in [7, 11) is 0. The van der Waals surface area contributed by atoms with E-state index >= 15 is 0 Å². The molecule has 0 saturated carbocycles. The second-order valence-corrected chi connectivity index (χ2v) is 6.53. The van der Waals surface area contributed by atoms with Gasteiger partial charge in [0.05, 0.1) is 5.39 Å². The number of hydrogen-bond donors (Lipinski definition) is 0. The van der Waals surface area contributed by atoms with Crippen LogP contribution in [0.3, 0.4) is 0 Å². The molecular weight excluding hydrogens is 330 g/mol. The molecule has 1 aliphatic rings. The van der Waals surface area contributed by atoms with Gasteiger partial charge in [-0.25, -0.2) is 0 Å². The number of aryl methyl sites for hydroxylation is 2. The van der Waals surface area contributed by atoms with Crippen molar-refractivity contribution in [1.29, 1.82) is 0 Å². The maximum Gasteiger partial charge on any atom is 0.199 e. The van der Waals surface area contributed by atoms with E-state index in [4.69, 9.17) is 4.42 Å². The van der Waals surface area contributed by atoms with Crippen molar-refractivity contribution in [3.63, 3.8) is 0 Å². The zero-order valence-electron chi connectivity index (χ0n) is 12.3. The molecule has 0 atom stereocenters. The van der Waals surface area contributed by atoms with E-state index in [-0.39, 0.29) is 5.43 Å². The summed E-state index contributed by atoms with van der Waals surface area (Å²) in [5, 5.41) is 1.56. The lowest BCUT2D eigenvalue weighted by atomic mass is 10.0. The predicted octanol–water partition coefficient (Wildman–Crippen LogP) is 4.03. The van der Waals surface area contributed by atoms with Crippen LogP contribution >= 0.6 is 15.9 Å². The summed E-state index contributed by atoms with van der Waals surface area (Å²) in [5.74, 6) is 0.729. The van der Waals surface area contributed by atoms with Gasteiger partial charge in [-0.1, -0.05) is 22.0 Å². The van der Waals surface area contributed by atoms with E-state index in [0.717, 1.165) is 47.4 Å². The van der Waals surface area contributed by atoms with Crippen molar-refractivity contribution in [3.8, 4) is 0 Å². The first-order chi connectivity index (χ1) is 10.2. The molecule has 0 unspecified atom stereocenters. The topological polar surface area (TPSA) is 33.5 Å². The number of piperidine rings is 1. The van der Waals surface area contributed by atoms with Crippen LogP contribution < -0.4 is 10.3 Å². The highest BCUT2D eigenvalue weighted by molar-refractivity contribution is 9.09. The smallest absolute Gasteiger partial charge is 0.199 e. The van der Waals surface area contributed by atoms with Crippen LogP contribution in [0.2, 0.25) is 0 Å². The molecule has 21 heavy (non-hydrogen) atoms. The second kappa shape index (κ2) is 6.22. The van der Waals surface area contributed by atoms with Crippen LogP contribution in [-0.4, -0.2) is 18.4 Å². The SMILES string of the molecule is Cc1cc(CCBr)c2oc(N3CCCCC3)cc(=O)c2c1. The fourth-order valence-corrected chi connectivity index (χ4v) is 3.46. The monoisotopic (exact) mass is 349 g/mol. The van der Waals surface area contributed by atoms with E-state index in [1.165, 1.54) is 19.3 Å². The zero-order valence-corrected chi connectivity index (χ0v) is 13.9. The summed E-state index contributed by atoms with van der Waals surface area (Å²) >= 11 is 3.48. The van der Waals surface area contributed by atoms with E-state index in [9.17, 15) is 4.79 Å². The lowest BCUT2D eigenvalue weighted by Gasteiger charge is -2.27. The first-order valence-corrected chi connectivity index (χ1v) is 8.69. The molecule has 0 aliphatic carbocycles. The van der Waals surface area contributed by atoms with E-state index < -0.39 is 0 Å². The van der Waals surface area contributed by atoms with Crippen LogP contribution in [0, 0.1) is 6.92 Å². The second-order valence-electron chi connectivity index (χ2n) is 5.74. The third kappa shape index (κ3) is 3.00. The quantitative estimate of drug-likeness (QED) is 0.784. The molecule has 112 valence electrons. The Hall–Kier alpha value is -1.29. The lowest BCUT2D eigenvalue weighted by Crippen LogP contribution is -2.30. The molecule has 3 rings (SSSR count). The number of rotatable bonds is 3. The molecule has 1 aliphatic heterocycles. The third-order valence-corrected chi connectivity index (χ3v) is 4.46. The van der Waals surface area contributed by atoms with E-state index in [2.05, 4.69) is 26.9 Å². The summed E-state index contributed by atoms with van der Waals surface area (Å²) in [4.78, 5) is 14.6. The fraction of sp³-hybridized carbons (Fsp3) is 0.471. The third-order valence-electron chi connectivity index (χ3n) is 4.07. The molecule has 0 radical (unpaired) electrons. The largest absolute Gasteiger partial charge is 0.440 e. The van der Waals surface area contributed by atoms with Gasteiger partial charge >= 0.3 is 0 Å². The van der Waals surface area contributed by atoms with Crippen LogP contribution in [-0.2, 0) is 6.42 Å². The first-order valence-electron chi connectivity index (χ1n) is 7.57. The molecule has 1 aromatic heterocycles. The summed E-state index contributed by atoms with van der Waals surface area (Å²) in [6, 6.07) is 5.70. The van der Waals surface area contributed by atoms with Gasteiger partial charge in [-0.05, 0) is 49.8 Å². The molecule has 2 heterocycles. The molecule has 1 saturated heterocycles. The van der Waals surface area contributed by atoms with Gasteiger partial charge in [0.2, 0.25) is 0 Å². The number of alkyl halides is 1. The van der Waals surface area contributed by atoms with Crippen LogP contribution in [0.25, 0.3) is 11.0 Å². The Morgan fingerprint density at radius 1 is 1.19 bits per heavy atom. The normalized spacial score (nSPS) is 15.6. The van der Waals surface area contributed by atoms with Crippen LogP contribution in [0.15, 0.2) is 27.4 Å². The molecule has 3 nitrogen and oxygen atoms in total. The predicted molar refractivity (Wildman–Crippen MR) is 90.8 cm³/mol. The fourth-order valence-electron chi connectivity index (χ4n) is 3.03. The molecule has 4 heteroatoms. The van der Waals surface area contributed by atoms with Crippen molar-refractivity contribution in [3.05, 3.63) is 39.5 Å². The minimum absolute atomic E-state index is 0.0661. The highest BCUT2D eigenvalue weighted by Gasteiger charge is 2.16. The van der Waals surface area contributed by atoms with E-state index in [1.54, 1.807) is 6.07 Å². The average Bonchev–Trinajstić information content (AvgIpc) is 2.49. The number of anilines is 1. The maximum atomic E-state index is 12.5. The van der Waals surface area contributed by atoms with Gasteiger partial charge in [0.1, 0.15) is 5.58 Å². The van der Waals surface area contributed by atoms with Gasteiger partial charge in [-0.3, -0.25) is 4.79 Å². The summed E-state index contributed by atoms with van der Waals surface area (Å²) < 4.78 is 6.13. The Kier molecular flexibility index (Phi) is 4.34. The first kappa shape index (κ1) is 14.6. The average molecular weight is 350 g/mol. The standard InChI is InChI=1S/C17H20BrNO2/c1-12-9-13(5-6-18)17-14(10-12)15(20)11-16(21-17)19-7-3-2-4-8-19/h9-11H,2-8H2,1H3. The van der Waals surface area contributed by atoms with Crippen molar-refractivity contribution in [2.24, 2.45) is 0 Å². The highest BCUT2D eigenvalue weighted by Crippen LogP contribution is 2.26. The Morgan fingerprint density at radius 3 is 2.67 bits per heavy atom. The molecule has 0 amide bonds. The van der Waals surface area contributed by atoms with Gasteiger partial charge in [0.15, 0.2) is 11.3 Å². The maximum absolute atomic E-state index is 12.5. The molecular formula is C17H20BrNO2. The Labute approximate surface area is 133 Å². The van der Waals surface area contributed by atoms with Crippen molar-refractivity contribution in [2.75, 3.05) is 23.3 Å². The Morgan fingerprint density at radius 2 is 1.95 bits per heavy atom. The van der Waals surface area contributed by atoms with Crippen molar-refractivity contribution in [2.45, 2.75) is 32.6 Å². The minimum Gasteiger partial charge on any atom is -0.440 e. The molecule has 2 aromatic rings. The van der Waals surface area contributed by atoms with Crippen LogP contribution in [0.1, 0.15) is 30.4 Å². The number of hydrogen-bond acceptors (Lipinski definition) is 3. The van der Waals surface area contributed by atoms with Crippen LogP contribution in [0.4, 0.5) is 5.88 Å². The number of benzene rings is 1. The summed E-state index contributed by atoms with van der Waals surface area (Å²) in [6.07, 6.45) is 4.47. The van der Waals surface area contributed by atoms with Gasteiger partial charge in [-0.15, -0.1) is 0 Å². The van der Waals surface area contributed by atoms with Crippen molar-refractivity contribution >= 4 is 32.8 Å². The molecule has 1 aromatic carbocycles. The Bertz CT molecular complexity index is 702. The van der Waals surface area contributed by atoms with Crippen molar-refractivity contribution < 1.29 is 4.42 Å². The lowest BCUT2D eigenvalue weighted by molar-refractivity contribution is 0.511. The van der Waals surface area contributed by atoms with Crippen molar-refractivity contribution in [1.82, 2.24) is 0 Å². The molecule has 0 spiro atoms. The minimum atomic E-state index is 0.0661. The number of halogens is 1. The highest BCUT2D eigenvalue weighted by atomic mass is 79.9.